The number of rotatable bonds is 3. The van der Waals surface area contributed by atoms with Crippen molar-refractivity contribution in [1.82, 2.24) is 9.97 Å². The zero-order valence-electron chi connectivity index (χ0n) is 16.3. The van der Waals surface area contributed by atoms with Gasteiger partial charge < -0.3 is 15.4 Å². The number of anilines is 3. The van der Waals surface area contributed by atoms with Crippen molar-refractivity contribution >= 4 is 23.3 Å². The van der Waals surface area contributed by atoms with Crippen LogP contribution in [0.1, 0.15) is 34.8 Å². The van der Waals surface area contributed by atoms with Crippen molar-refractivity contribution in [3.8, 4) is 0 Å². The Morgan fingerprint density at radius 1 is 1.10 bits per heavy atom. The van der Waals surface area contributed by atoms with Gasteiger partial charge in [-0.05, 0) is 48.2 Å². The number of fused-ring (bicyclic) bond motifs is 2. The molecule has 0 bridgehead atoms. The van der Waals surface area contributed by atoms with Crippen LogP contribution in [0.15, 0.2) is 59.7 Å². The molecule has 2 aliphatic rings. The fraction of sp³-hybridized carbons (Fsp3) is 0.227. The first-order valence-corrected chi connectivity index (χ1v) is 9.81. The molecule has 2 N–H and O–H groups in total. The van der Waals surface area contributed by atoms with Gasteiger partial charge in [-0.1, -0.05) is 24.3 Å². The highest BCUT2D eigenvalue weighted by atomic mass is 19.4. The van der Waals surface area contributed by atoms with Gasteiger partial charge in [0.05, 0.1) is 6.04 Å². The minimum absolute atomic E-state index is 0.0687. The molecule has 5 rings (SSSR count). The molecule has 1 aliphatic carbocycles. The van der Waals surface area contributed by atoms with E-state index in [1.54, 1.807) is 12.1 Å². The number of aromatic nitrogens is 2. The van der Waals surface area contributed by atoms with Gasteiger partial charge in [0.1, 0.15) is 12.3 Å². The third kappa shape index (κ3) is 4.03. The van der Waals surface area contributed by atoms with Gasteiger partial charge in [0.2, 0.25) is 5.95 Å². The summed E-state index contributed by atoms with van der Waals surface area (Å²) >= 11 is 0. The summed E-state index contributed by atoms with van der Waals surface area (Å²) in [5, 5.41) is 6.01. The lowest BCUT2D eigenvalue weighted by Gasteiger charge is -2.22. The Kier molecular flexibility index (Phi) is 4.72. The number of nitrogens with one attached hydrogen (secondary N) is 2. The Morgan fingerprint density at radius 3 is 2.84 bits per heavy atom. The monoisotopic (exact) mass is 425 g/mol. The topological polar surface area (TPSA) is 71.4 Å². The molecule has 1 unspecified atom stereocenters. The highest BCUT2D eigenvalue weighted by Gasteiger charge is 2.32. The largest absolute Gasteiger partial charge is 0.460 e. The van der Waals surface area contributed by atoms with E-state index in [1.807, 2.05) is 18.2 Å². The molecule has 1 aromatic heterocycles. The molecule has 9 heteroatoms. The van der Waals surface area contributed by atoms with E-state index in [4.69, 9.17) is 9.73 Å². The summed E-state index contributed by atoms with van der Waals surface area (Å²) in [7, 11) is 0. The first kappa shape index (κ1) is 19.3. The molecule has 6 nitrogen and oxygen atoms in total. The van der Waals surface area contributed by atoms with E-state index in [1.165, 1.54) is 11.1 Å². The molecule has 0 amide bonds. The number of hydrogen-bond donors (Lipinski definition) is 2. The van der Waals surface area contributed by atoms with E-state index in [-0.39, 0.29) is 12.0 Å². The van der Waals surface area contributed by atoms with Crippen molar-refractivity contribution in [2.75, 3.05) is 10.6 Å². The molecular formula is C22H18F3N5O. The van der Waals surface area contributed by atoms with Gasteiger partial charge in [-0.15, -0.1) is 0 Å². The minimum Gasteiger partial charge on any atom is -0.460 e. The van der Waals surface area contributed by atoms with Crippen LogP contribution in [-0.2, 0) is 23.9 Å². The molecule has 0 saturated carbocycles. The highest BCUT2D eigenvalue weighted by molar-refractivity contribution is 5.92. The van der Waals surface area contributed by atoms with Crippen LogP contribution in [0.5, 0.6) is 0 Å². The van der Waals surface area contributed by atoms with Gasteiger partial charge in [-0.2, -0.15) is 13.2 Å². The van der Waals surface area contributed by atoms with Crippen molar-refractivity contribution in [2.45, 2.75) is 31.7 Å². The van der Waals surface area contributed by atoms with Crippen molar-refractivity contribution in [2.24, 2.45) is 4.99 Å². The summed E-state index contributed by atoms with van der Waals surface area (Å²) < 4.78 is 44.3. The van der Waals surface area contributed by atoms with E-state index in [2.05, 4.69) is 32.7 Å². The molecule has 1 atom stereocenters. The maximum Gasteiger partial charge on any atom is 0.433 e. The highest BCUT2D eigenvalue weighted by Crippen LogP contribution is 2.35. The second-order valence-corrected chi connectivity index (χ2v) is 7.36. The van der Waals surface area contributed by atoms with E-state index in [0.29, 0.717) is 18.3 Å². The number of nitrogens with zero attached hydrogens (tertiary/aromatic N) is 3. The van der Waals surface area contributed by atoms with Gasteiger partial charge in [0.25, 0.3) is 6.02 Å². The average Bonchev–Trinajstić information content (AvgIpc) is 3.16. The summed E-state index contributed by atoms with van der Waals surface area (Å²) in [5.74, 6) is -0.124. The van der Waals surface area contributed by atoms with Crippen molar-refractivity contribution in [3.05, 3.63) is 77.1 Å². The predicted octanol–water partition coefficient (Wildman–Crippen LogP) is 5.22. The molecule has 2 aromatic carbocycles. The maximum atomic E-state index is 12.8. The lowest BCUT2D eigenvalue weighted by molar-refractivity contribution is -0.141. The van der Waals surface area contributed by atoms with Gasteiger partial charge in [-0.3, -0.25) is 0 Å². The van der Waals surface area contributed by atoms with E-state index < -0.39 is 11.9 Å². The molecule has 1 aliphatic heterocycles. The summed E-state index contributed by atoms with van der Waals surface area (Å²) in [6, 6.07) is 15.0. The number of alkyl halides is 3. The van der Waals surface area contributed by atoms with Crippen LogP contribution in [0.3, 0.4) is 0 Å². The fourth-order valence-corrected chi connectivity index (χ4v) is 3.80. The third-order valence-electron chi connectivity index (χ3n) is 5.29. The smallest absolute Gasteiger partial charge is 0.433 e. The van der Waals surface area contributed by atoms with Crippen molar-refractivity contribution in [1.29, 1.82) is 0 Å². The third-order valence-corrected chi connectivity index (χ3v) is 5.29. The van der Waals surface area contributed by atoms with Crippen LogP contribution >= 0.6 is 0 Å². The van der Waals surface area contributed by atoms with Crippen LogP contribution in [0.4, 0.5) is 30.5 Å². The second-order valence-electron chi connectivity index (χ2n) is 7.36. The minimum atomic E-state index is -4.53. The summed E-state index contributed by atoms with van der Waals surface area (Å²) in [5.41, 5.74) is 3.80. The predicted molar refractivity (Wildman–Crippen MR) is 110 cm³/mol. The van der Waals surface area contributed by atoms with Crippen molar-refractivity contribution in [3.63, 3.8) is 0 Å². The van der Waals surface area contributed by atoms with Crippen LogP contribution in [-0.4, -0.2) is 16.0 Å². The quantitative estimate of drug-likeness (QED) is 0.602. The summed E-state index contributed by atoms with van der Waals surface area (Å²) in [6.45, 7) is 0.300. The van der Waals surface area contributed by atoms with Gasteiger partial charge in [0, 0.05) is 23.1 Å². The molecule has 3 aromatic rings. The molecule has 0 radical (unpaired) electrons. The molecule has 158 valence electrons. The van der Waals surface area contributed by atoms with E-state index in [0.717, 1.165) is 36.4 Å². The summed E-state index contributed by atoms with van der Waals surface area (Å²) in [4.78, 5) is 12.1. The number of aryl methyl sites for hydroxylation is 1. The van der Waals surface area contributed by atoms with E-state index >= 15 is 0 Å². The molecule has 0 spiro atoms. The Bertz CT molecular complexity index is 1160. The normalized spacial score (nSPS) is 18.7. The second kappa shape index (κ2) is 7.57. The lowest BCUT2D eigenvalue weighted by atomic mass is 10.1. The maximum absolute atomic E-state index is 12.8. The first-order chi connectivity index (χ1) is 15.0. The molecule has 2 heterocycles. The first-order valence-electron chi connectivity index (χ1n) is 9.81. The average molecular weight is 425 g/mol. The van der Waals surface area contributed by atoms with Crippen LogP contribution in [0.2, 0.25) is 0 Å². The summed E-state index contributed by atoms with van der Waals surface area (Å²) in [6.07, 6.45) is -1.50. The number of benzene rings is 2. The molecule has 0 fully saturated rings. The number of hydrogen-bond acceptors (Lipinski definition) is 5. The molecular weight excluding hydrogens is 407 g/mol. The molecule has 0 saturated heterocycles. The van der Waals surface area contributed by atoms with Crippen LogP contribution < -0.4 is 10.6 Å². The zero-order valence-corrected chi connectivity index (χ0v) is 16.3. The number of halogens is 3. The zero-order chi connectivity index (χ0) is 21.4. The number of aliphatic imine (C=N–C) groups is 1. The van der Waals surface area contributed by atoms with Gasteiger partial charge >= 0.3 is 6.18 Å². The van der Waals surface area contributed by atoms with E-state index in [9.17, 15) is 13.2 Å². The fourth-order valence-electron chi connectivity index (χ4n) is 3.80. The van der Waals surface area contributed by atoms with Gasteiger partial charge in [0.15, 0.2) is 0 Å². The number of amidine groups is 1. The Hall–Kier alpha value is -3.62. The van der Waals surface area contributed by atoms with Crippen LogP contribution in [0.25, 0.3) is 0 Å². The molecule has 31 heavy (non-hydrogen) atoms. The Labute approximate surface area is 176 Å². The standard InChI is InChI=1S/C22H18F3N5O/c23-22(24,25)19-9-10-26-20(30-19)27-15-6-8-17-14(11-15)12-31-21(28-17)29-18-7-5-13-3-1-2-4-16(13)18/h1-4,6,8-11,18H,5,7,12H2,(H,28,29)(H,26,27,30). The number of ether oxygens (including phenoxy) is 1. The van der Waals surface area contributed by atoms with Gasteiger partial charge in [-0.25, -0.2) is 15.0 Å². The lowest BCUT2D eigenvalue weighted by Crippen LogP contribution is -2.23. The van der Waals surface area contributed by atoms with Crippen molar-refractivity contribution < 1.29 is 17.9 Å². The van der Waals surface area contributed by atoms with Crippen LogP contribution in [0, 0.1) is 0 Å². The SMILES string of the molecule is FC(F)(F)c1ccnc(Nc2ccc3c(c2)COC(=NC2CCc4ccccc42)N3)n1. The Balaban J connectivity index is 1.31. The Morgan fingerprint density at radius 2 is 1.97 bits per heavy atom.